The number of aromatic nitrogens is 1. The number of hydrogen-bond donors (Lipinski definition) is 4. The molecule has 0 fully saturated rings. The Balaban J connectivity index is -0.000000186. The maximum Gasteiger partial charge on any atom is 0.0402 e. The molecule has 4 nitrogen and oxygen atoms in total. The number of aromatic amines is 1. The summed E-state index contributed by atoms with van der Waals surface area (Å²) in [7, 11) is 0. The molecule has 0 unspecified atom stereocenters. The van der Waals surface area contributed by atoms with Crippen LogP contribution in [0.2, 0.25) is 0 Å². The van der Waals surface area contributed by atoms with Gasteiger partial charge in [0.1, 0.15) is 0 Å². The number of aliphatic hydroxyl groups excluding tert-OH is 3. The van der Waals surface area contributed by atoms with Crippen LogP contribution in [0.5, 0.6) is 0 Å². The van der Waals surface area contributed by atoms with E-state index in [2.05, 4.69) is 58.7 Å². The molecule has 5 heteroatoms. The molecule has 25 heavy (non-hydrogen) atoms. The van der Waals surface area contributed by atoms with E-state index >= 15 is 0 Å². The van der Waals surface area contributed by atoms with Gasteiger partial charge >= 0.3 is 0 Å². The first-order valence-corrected chi connectivity index (χ1v) is 9.02. The van der Waals surface area contributed by atoms with E-state index < -0.39 is 0 Å². The molecule has 1 rings (SSSR count). The summed E-state index contributed by atoms with van der Waals surface area (Å²) in [5.74, 6) is 0. The fourth-order valence-corrected chi connectivity index (χ4v) is 1.45. The summed E-state index contributed by atoms with van der Waals surface area (Å²) in [4.78, 5) is 3.54. The Morgan fingerprint density at radius 2 is 1.12 bits per heavy atom. The summed E-state index contributed by atoms with van der Waals surface area (Å²) in [5, 5.41) is 22.7. The SMILES string of the molecule is CCC(C)(C)c1[c-]cc(C(C)(C)CC)[nH]1.CCO.CCO.CCO.[Hf]. The smallest absolute Gasteiger partial charge is 0.0402 e. The Kier molecular flexibility index (Phi) is 24.6. The van der Waals surface area contributed by atoms with Gasteiger partial charge in [-0.05, 0) is 32.6 Å². The number of aliphatic hydroxyl groups is 3. The summed E-state index contributed by atoms with van der Waals surface area (Å²) < 4.78 is 0. The fraction of sp³-hybridized carbons (Fsp3) is 0.800. The van der Waals surface area contributed by atoms with Crippen LogP contribution in [0.15, 0.2) is 6.07 Å². The Bertz CT molecular complexity index is 342. The van der Waals surface area contributed by atoms with Gasteiger partial charge in [-0.15, -0.1) is 5.69 Å². The van der Waals surface area contributed by atoms with Crippen LogP contribution in [0.3, 0.4) is 0 Å². The van der Waals surface area contributed by atoms with Crippen LogP contribution >= 0.6 is 0 Å². The van der Waals surface area contributed by atoms with Crippen molar-refractivity contribution in [2.45, 2.75) is 86.0 Å². The second-order valence-electron chi connectivity index (χ2n) is 6.63. The molecule has 0 saturated carbocycles. The number of H-pyrrole nitrogens is 1. The average molecular weight is 523 g/mol. The molecule has 1 aromatic heterocycles. The first kappa shape index (κ1) is 32.7. The standard InChI is InChI=1S/C14H24N.3C2H6O.Hf/c1-7-13(3,4)11-9-10-12(15-11)14(5,6)8-2;3*1-2-3;/h9,15H,7-8H2,1-6H3;3*3H,2H2,1H3;/q-1;;;;. The largest absolute Gasteiger partial charge is 0.454 e. The number of hydrogen-bond acceptors (Lipinski definition) is 3. The van der Waals surface area contributed by atoms with Crippen molar-refractivity contribution in [3.05, 3.63) is 23.5 Å². The second kappa shape index (κ2) is 18.8. The third-order valence-electron chi connectivity index (χ3n) is 3.79. The van der Waals surface area contributed by atoms with Crippen molar-refractivity contribution < 1.29 is 41.2 Å². The Morgan fingerprint density at radius 1 is 0.800 bits per heavy atom. The van der Waals surface area contributed by atoms with Crippen molar-refractivity contribution in [2.75, 3.05) is 19.8 Å². The van der Waals surface area contributed by atoms with Crippen molar-refractivity contribution in [2.24, 2.45) is 0 Å². The third-order valence-corrected chi connectivity index (χ3v) is 3.79. The van der Waals surface area contributed by atoms with Gasteiger partial charge in [-0.1, -0.05) is 59.1 Å². The van der Waals surface area contributed by atoms with Crippen LogP contribution in [0.25, 0.3) is 0 Å². The zero-order valence-corrected chi connectivity index (χ0v) is 21.5. The van der Waals surface area contributed by atoms with Gasteiger partial charge in [0.25, 0.3) is 0 Å². The quantitative estimate of drug-likeness (QED) is 0.354. The van der Waals surface area contributed by atoms with Crippen molar-refractivity contribution >= 4 is 0 Å². The molecule has 0 aliphatic rings. The van der Waals surface area contributed by atoms with Gasteiger partial charge in [-0.2, -0.15) is 0 Å². The average Bonchev–Trinajstić information content (AvgIpc) is 3.01. The minimum atomic E-state index is 0. The van der Waals surface area contributed by atoms with E-state index in [1.54, 1.807) is 20.8 Å². The summed E-state index contributed by atoms with van der Waals surface area (Å²) >= 11 is 0. The molecule has 0 atom stereocenters. The van der Waals surface area contributed by atoms with Gasteiger partial charge in [-0.25, -0.2) is 12.1 Å². The molecule has 0 aromatic carbocycles. The summed E-state index contributed by atoms with van der Waals surface area (Å²) in [6.07, 6.45) is 2.28. The van der Waals surface area contributed by atoms with Crippen LogP contribution in [0.1, 0.15) is 86.5 Å². The predicted molar refractivity (Wildman–Crippen MR) is 105 cm³/mol. The van der Waals surface area contributed by atoms with Gasteiger partial charge in [0, 0.05) is 45.7 Å². The monoisotopic (exact) mass is 524 g/mol. The van der Waals surface area contributed by atoms with Crippen LogP contribution in [0.4, 0.5) is 0 Å². The Morgan fingerprint density at radius 3 is 1.40 bits per heavy atom. The first-order chi connectivity index (χ1) is 11.1. The topological polar surface area (TPSA) is 76.5 Å². The van der Waals surface area contributed by atoms with Gasteiger partial charge in [0.05, 0.1) is 0 Å². The third kappa shape index (κ3) is 16.0. The van der Waals surface area contributed by atoms with Crippen molar-refractivity contribution in [3.8, 4) is 0 Å². The number of rotatable bonds is 4. The zero-order valence-electron chi connectivity index (χ0n) is 18.0. The molecule has 0 bridgehead atoms. The van der Waals surface area contributed by atoms with Gasteiger partial charge < -0.3 is 20.3 Å². The van der Waals surface area contributed by atoms with Crippen molar-refractivity contribution in [1.82, 2.24) is 4.98 Å². The van der Waals surface area contributed by atoms with Crippen molar-refractivity contribution in [1.29, 1.82) is 0 Å². The van der Waals surface area contributed by atoms with Crippen LogP contribution in [-0.2, 0) is 36.7 Å². The van der Waals surface area contributed by atoms with Crippen LogP contribution in [0, 0.1) is 6.07 Å². The van der Waals surface area contributed by atoms with Crippen LogP contribution < -0.4 is 0 Å². The second-order valence-corrected chi connectivity index (χ2v) is 6.63. The molecule has 0 spiro atoms. The number of nitrogens with one attached hydrogen (secondary N) is 1. The van der Waals surface area contributed by atoms with E-state index in [0.717, 1.165) is 12.8 Å². The molecule has 0 amide bonds. The van der Waals surface area contributed by atoms with E-state index in [-0.39, 0.29) is 56.5 Å². The van der Waals surface area contributed by atoms with Gasteiger partial charge in [0.2, 0.25) is 0 Å². The molecular weight excluding hydrogens is 481 g/mol. The first-order valence-electron chi connectivity index (χ1n) is 9.02. The summed E-state index contributed by atoms with van der Waals surface area (Å²) in [6.45, 7) is 19.3. The molecule has 0 radical (unpaired) electrons. The molecule has 1 aromatic rings. The van der Waals surface area contributed by atoms with E-state index in [1.807, 2.05) is 0 Å². The molecule has 1 heterocycles. The maximum absolute atomic E-state index is 7.57. The molecular formula is C20H42HfNO3-. The van der Waals surface area contributed by atoms with Crippen LogP contribution in [-0.4, -0.2) is 40.1 Å². The molecule has 4 N–H and O–H groups in total. The van der Waals surface area contributed by atoms with E-state index in [4.69, 9.17) is 15.3 Å². The minimum absolute atomic E-state index is 0. The zero-order chi connectivity index (χ0) is 19.8. The Labute approximate surface area is 175 Å². The van der Waals surface area contributed by atoms with Gasteiger partial charge in [0.15, 0.2) is 0 Å². The molecule has 150 valence electrons. The molecule has 0 saturated heterocycles. The van der Waals surface area contributed by atoms with E-state index in [0.29, 0.717) is 0 Å². The maximum atomic E-state index is 7.57. The minimum Gasteiger partial charge on any atom is -0.454 e. The molecule has 0 aliphatic heterocycles. The Hall–Kier alpha value is 0.0301. The summed E-state index contributed by atoms with van der Waals surface area (Å²) in [6, 6.07) is 5.50. The van der Waals surface area contributed by atoms with Gasteiger partial charge in [-0.3, -0.25) is 0 Å². The van der Waals surface area contributed by atoms with E-state index in [1.165, 1.54) is 11.4 Å². The fourth-order valence-electron chi connectivity index (χ4n) is 1.45. The van der Waals surface area contributed by atoms with Crippen molar-refractivity contribution in [3.63, 3.8) is 0 Å². The molecule has 0 aliphatic carbocycles. The predicted octanol–water partition coefficient (Wildman–Crippen LogP) is 4.18. The normalized spacial score (nSPS) is 10.1. The van der Waals surface area contributed by atoms with E-state index in [9.17, 15) is 0 Å². The summed E-state index contributed by atoms with van der Waals surface area (Å²) in [5.41, 5.74) is 2.99.